The van der Waals surface area contributed by atoms with Crippen LogP contribution in [-0.2, 0) is 27.3 Å². The minimum absolute atomic E-state index is 0.0567. The van der Waals surface area contributed by atoms with Crippen molar-refractivity contribution in [3.63, 3.8) is 0 Å². The van der Waals surface area contributed by atoms with Crippen molar-refractivity contribution in [2.75, 3.05) is 25.6 Å². The third kappa shape index (κ3) is 9.54. The summed E-state index contributed by atoms with van der Waals surface area (Å²) in [6.07, 6.45) is 1.67. The van der Waals surface area contributed by atoms with Crippen LogP contribution < -0.4 is 20.1 Å². The summed E-state index contributed by atoms with van der Waals surface area (Å²) in [5, 5.41) is 47.3. The molecule has 0 saturated heterocycles. The molecule has 0 spiro atoms. The molecule has 1 aromatic heterocycles. The number of phenolic OH excluding ortho intramolecular Hbond substituents is 1. The Bertz CT molecular complexity index is 1480. The van der Waals surface area contributed by atoms with Crippen molar-refractivity contribution in [1.29, 1.82) is 0 Å². The molecular weight excluding hydrogens is 574 g/mol. The van der Waals surface area contributed by atoms with E-state index >= 15 is 0 Å². The molecule has 0 bridgehead atoms. The number of aromatic hydroxyl groups is 1. The molecule has 14 nitrogen and oxygen atoms in total. The predicted octanol–water partition coefficient (Wildman–Crippen LogP) is 2.76. The number of amides is 1. The number of carbonyl (C=O) groups excluding carboxylic acids is 1. The Labute approximate surface area is 254 Å². The smallest absolute Gasteiger partial charge is 0.328 e. The maximum atomic E-state index is 11.6. The number of carboxylic acids is 2. The van der Waals surface area contributed by atoms with E-state index in [2.05, 4.69) is 31.4 Å². The third-order valence-corrected chi connectivity index (χ3v) is 6.59. The maximum absolute atomic E-state index is 11.6. The molecule has 0 aliphatic carbocycles. The number of carbonyl (C=O) groups is 3. The molecule has 1 aliphatic heterocycles. The predicted molar refractivity (Wildman–Crippen MR) is 160 cm³/mol. The van der Waals surface area contributed by atoms with Gasteiger partial charge in [-0.15, -0.1) is 0 Å². The van der Waals surface area contributed by atoms with Crippen molar-refractivity contribution in [2.45, 2.75) is 51.8 Å². The molecule has 4 rings (SSSR count). The minimum atomic E-state index is -1.26. The molecule has 1 aliphatic rings. The molecule has 236 valence electrons. The van der Waals surface area contributed by atoms with Crippen molar-refractivity contribution in [2.24, 2.45) is 0 Å². The van der Waals surface area contributed by atoms with E-state index in [0.717, 1.165) is 30.0 Å². The first-order chi connectivity index (χ1) is 20.8. The van der Waals surface area contributed by atoms with Crippen LogP contribution >= 0.6 is 0 Å². The summed E-state index contributed by atoms with van der Waals surface area (Å²) >= 11 is 0. The van der Waals surface area contributed by atoms with Gasteiger partial charge in [-0.1, -0.05) is 6.92 Å². The Kier molecular flexibility index (Phi) is 11.4. The van der Waals surface area contributed by atoms with E-state index in [1.807, 2.05) is 28.9 Å². The third-order valence-electron chi connectivity index (χ3n) is 6.59. The summed E-state index contributed by atoms with van der Waals surface area (Å²) in [7, 11) is 1.64. The Balaban J connectivity index is 0.000000583. The van der Waals surface area contributed by atoms with Gasteiger partial charge in [-0.25, -0.2) is 19.3 Å². The van der Waals surface area contributed by atoms with Crippen molar-refractivity contribution in [1.82, 2.24) is 20.1 Å². The van der Waals surface area contributed by atoms with Crippen LogP contribution in [0.25, 0.3) is 11.4 Å². The van der Waals surface area contributed by atoms with E-state index in [-0.39, 0.29) is 30.3 Å². The second kappa shape index (κ2) is 15.0. The van der Waals surface area contributed by atoms with Gasteiger partial charge in [0, 0.05) is 54.4 Å². The molecule has 1 amide bonds. The molecule has 1 unspecified atom stereocenters. The number of nitrogens with zero attached hydrogens (tertiary/aromatic N) is 3. The van der Waals surface area contributed by atoms with E-state index in [4.69, 9.17) is 29.8 Å². The van der Waals surface area contributed by atoms with Gasteiger partial charge in [0.05, 0.1) is 18.9 Å². The summed E-state index contributed by atoms with van der Waals surface area (Å²) in [4.78, 5) is 35.4. The first-order valence-corrected chi connectivity index (χ1v) is 13.8. The Hall–Kier alpha value is -4.95. The minimum Gasteiger partial charge on any atom is -0.508 e. The zero-order valence-electron chi connectivity index (χ0n) is 24.9. The van der Waals surface area contributed by atoms with Crippen LogP contribution in [0, 0.1) is 0 Å². The van der Waals surface area contributed by atoms with Gasteiger partial charge in [-0.05, 0) is 50.6 Å². The average molecular weight is 612 g/mol. The highest BCUT2D eigenvalue weighted by Crippen LogP contribution is 2.38. The number of fused-ring (bicyclic) bond motifs is 1. The summed E-state index contributed by atoms with van der Waals surface area (Å²) in [6.45, 7) is 6.92. The number of benzene rings is 2. The van der Waals surface area contributed by atoms with Crippen LogP contribution in [0.2, 0.25) is 0 Å². The normalized spacial score (nSPS) is 13.2. The lowest BCUT2D eigenvalue weighted by Gasteiger charge is -2.29. The highest BCUT2D eigenvalue weighted by atomic mass is 16.5. The number of nitrogens with one attached hydrogen (secondary N) is 2. The zero-order chi connectivity index (χ0) is 32.4. The Morgan fingerprint density at radius 2 is 1.84 bits per heavy atom. The molecule has 44 heavy (non-hydrogen) atoms. The zero-order valence-corrected chi connectivity index (χ0v) is 24.9. The monoisotopic (exact) mass is 611 g/mol. The highest BCUT2D eigenvalue weighted by molar-refractivity contribution is 5.96. The van der Waals surface area contributed by atoms with E-state index in [1.165, 1.54) is 12.1 Å². The first kappa shape index (κ1) is 33.6. The Morgan fingerprint density at radius 3 is 2.43 bits per heavy atom. The number of aryl methyl sites for hydroxylation is 2. The van der Waals surface area contributed by atoms with Gasteiger partial charge in [0.2, 0.25) is 0 Å². The average Bonchev–Trinajstić information content (AvgIpc) is 3.41. The number of rotatable bonds is 12. The van der Waals surface area contributed by atoms with Gasteiger partial charge in [0.15, 0.2) is 12.4 Å². The van der Waals surface area contributed by atoms with Crippen molar-refractivity contribution < 1.29 is 44.3 Å². The standard InChI is InChI=1S/C26H33N5O5.C4H4O4/c1-5-22-29-25(16-6-8-18(35-4)9-7-16)30-31(22)11-10-26(2,3)27-14-21(33)19-12-17(32)13-20-24(19)36-15-23(34)28-20;5-3(6)1-2-4(7)8/h6-9,12-13,21,27,32-33H,5,10-11,14-15H2,1-4H3,(H,28,34);1-2H,(H,5,6)(H,7,8). The van der Waals surface area contributed by atoms with Crippen molar-refractivity contribution >= 4 is 23.5 Å². The van der Waals surface area contributed by atoms with Crippen LogP contribution in [-0.4, -0.2) is 78.8 Å². The number of hydrogen-bond acceptors (Lipinski definition) is 10. The molecule has 2 heterocycles. The lowest BCUT2D eigenvalue weighted by atomic mass is 9.99. The number of hydrogen-bond donors (Lipinski definition) is 6. The number of aliphatic carboxylic acids is 2. The molecule has 3 aromatic rings. The van der Waals surface area contributed by atoms with E-state index < -0.39 is 18.0 Å². The summed E-state index contributed by atoms with van der Waals surface area (Å²) in [5.41, 5.74) is 1.37. The second-order valence-electron chi connectivity index (χ2n) is 10.4. The number of aliphatic hydroxyl groups is 1. The molecule has 1 atom stereocenters. The number of carboxylic acid groups (broad SMARTS) is 2. The van der Waals surface area contributed by atoms with E-state index in [1.54, 1.807) is 7.11 Å². The van der Waals surface area contributed by atoms with Crippen LogP contribution in [0.5, 0.6) is 17.2 Å². The molecule has 0 fully saturated rings. The number of anilines is 1. The van der Waals surface area contributed by atoms with Crippen LogP contribution in [0.15, 0.2) is 48.6 Å². The summed E-state index contributed by atoms with van der Waals surface area (Å²) < 4.78 is 12.7. The summed E-state index contributed by atoms with van der Waals surface area (Å²) in [5.74, 6) is -0.132. The molecule has 0 radical (unpaired) electrons. The Morgan fingerprint density at radius 1 is 1.18 bits per heavy atom. The fourth-order valence-electron chi connectivity index (χ4n) is 4.24. The van der Waals surface area contributed by atoms with Crippen LogP contribution in [0.3, 0.4) is 0 Å². The number of phenols is 1. The maximum Gasteiger partial charge on any atom is 0.328 e. The lowest BCUT2D eigenvalue weighted by molar-refractivity contribution is -0.134. The number of ether oxygens (including phenoxy) is 2. The van der Waals surface area contributed by atoms with Gasteiger partial charge in [-0.3, -0.25) is 4.79 Å². The number of aliphatic hydroxyl groups excluding tert-OH is 1. The second-order valence-corrected chi connectivity index (χ2v) is 10.4. The molecule has 0 saturated carbocycles. The van der Waals surface area contributed by atoms with Crippen LogP contribution in [0.4, 0.5) is 5.69 Å². The van der Waals surface area contributed by atoms with Crippen molar-refractivity contribution in [3.8, 4) is 28.6 Å². The largest absolute Gasteiger partial charge is 0.508 e. The number of β-amino-alcohol motifs (C(OH)–C–C–N with tert-alkyl or cyclic N) is 1. The molecule has 6 N–H and O–H groups in total. The van der Waals surface area contributed by atoms with Gasteiger partial charge >= 0.3 is 11.9 Å². The molecule has 14 heteroatoms. The summed E-state index contributed by atoms with van der Waals surface area (Å²) in [6, 6.07) is 10.5. The molecular formula is C30H37N5O9. The number of aromatic nitrogens is 3. The van der Waals surface area contributed by atoms with Gasteiger partial charge < -0.3 is 40.5 Å². The number of methoxy groups -OCH3 is 1. The first-order valence-electron chi connectivity index (χ1n) is 13.8. The fraction of sp³-hybridized carbons (Fsp3) is 0.367. The highest BCUT2D eigenvalue weighted by Gasteiger charge is 2.26. The van der Waals surface area contributed by atoms with Crippen LogP contribution in [0.1, 0.15) is 44.7 Å². The quantitative estimate of drug-likeness (QED) is 0.164. The molecule has 2 aromatic carbocycles. The van der Waals surface area contributed by atoms with Gasteiger partial charge in [0.1, 0.15) is 23.1 Å². The van der Waals surface area contributed by atoms with Gasteiger partial charge in [0.25, 0.3) is 5.91 Å². The SMILES string of the molecule is CCc1nc(-c2ccc(OC)cc2)nn1CCC(C)(C)NCC(O)c1cc(O)cc2c1OCC(=O)N2.O=C(O)C=CC(=O)O. The van der Waals surface area contributed by atoms with Gasteiger partial charge in [-0.2, -0.15) is 5.10 Å². The topological polar surface area (TPSA) is 205 Å². The van der Waals surface area contributed by atoms with E-state index in [9.17, 15) is 24.6 Å². The lowest BCUT2D eigenvalue weighted by Crippen LogP contribution is -2.42. The van der Waals surface area contributed by atoms with Crippen molar-refractivity contribution in [3.05, 3.63) is 59.9 Å². The van der Waals surface area contributed by atoms with E-state index in [0.29, 0.717) is 41.5 Å². The fourth-order valence-corrected chi connectivity index (χ4v) is 4.24.